The van der Waals surface area contributed by atoms with Gasteiger partial charge in [0.1, 0.15) is 5.75 Å². The first-order valence-electron chi connectivity index (χ1n) is 7.09. The van der Waals surface area contributed by atoms with Crippen LogP contribution in [0.4, 0.5) is 0 Å². The molecule has 0 aromatic heterocycles. The van der Waals surface area contributed by atoms with Crippen LogP contribution in [0.15, 0.2) is 24.3 Å². The number of rotatable bonds is 8. The molecule has 0 aliphatic carbocycles. The number of aryl methyl sites for hydroxylation is 1. The Balaban J connectivity index is 2.32. The highest BCUT2D eigenvalue weighted by molar-refractivity contribution is 5.76. The molecule has 4 heteroatoms. The number of hydrogen-bond acceptors (Lipinski definition) is 3. The van der Waals surface area contributed by atoms with Crippen LogP contribution in [0.2, 0.25) is 0 Å². The molecule has 0 heterocycles. The van der Waals surface area contributed by atoms with Crippen LogP contribution in [0.1, 0.15) is 38.7 Å². The van der Waals surface area contributed by atoms with E-state index in [1.54, 1.807) is 12.1 Å². The van der Waals surface area contributed by atoms with Crippen LogP contribution in [0.5, 0.6) is 5.75 Å². The fourth-order valence-corrected chi connectivity index (χ4v) is 2.04. The molecule has 4 nitrogen and oxygen atoms in total. The van der Waals surface area contributed by atoms with E-state index in [0.717, 1.165) is 18.4 Å². The predicted octanol–water partition coefficient (Wildman–Crippen LogP) is 2.24. The van der Waals surface area contributed by atoms with Gasteiger partial charge in [0, 0.05) is 19.6 Å². The van der Waals surface area contributed by atoms with Crippen molar-refractivity contribution in [2.75, 3.05) is 13.2 Å². The Morgan fingerprint density at radius 2 is 2.00 bits per heavy atom. The first-order chi connectivity index (χ1) is 9.44. The van der Waals surface area contributed by atoms with E-state index in [0.29, 0.717) is 19.4 Å². The van der Waals surface area contributed by atoms with Crippen LogP contribution in [0.25, 0.3) is 0 Å². The molecule has 1 amide bonds. The molecule has 0 aliphatic rings. The van der Waals surface area contributed by atoms with Crippen molar-refractivity contribution >= 4 is 5.91 Å². The summed E-state index contributed by atoms with van der Waals surface area (Å²) in [4.78, 5) is 11.8. The molecular formula is C16H25NO3. The summed E-state index contributed by atoms with van der Waals surface area (Å²) in [7, 11) is 0. The summed E-state index contributed by atoms with van der Waals surface area (Å²) in [6, 6.07) is 7.08. The Labute approximate surface area is 120 Å². The molecule has 0 fully saturated rings. The maximum Gasteiger partial charge on any atom is 0.220 e. The standard InChI is InChI=1S/C16H25NO3/c1-16(2,10-5-11-18)12-17-15(20)9-8-13-6-3-4-7-14(13)19/h3-4,6-7,18-19H,5,8-12H2,1-2H3,(H,17,20). The summed E-state index contributed by atoms with van der Waals surface area (Å²) < 4.78 is 0. The zero-order valence-electron chi connectivity index (χ0n) is 12.4. The van der Waals surface area contributed by atoms with E-state index >= 15 is 0 Å². The van der Waals surface area contributed by atoms with Crippen molar-refractivity contribution in [1.82, 2.24) is 5.32 Å². The third kappa shape index (κ3) is 6.06. The minimum Gasteiger partial charge on any atom is -0.508 e. The number of nitrogens with one attached hydrogen (secondary N) is 1. The van der Waals surface area contributed by atoms with Gasteiger partial charge < -0.3 is 15.5 Å². The number of carbonyl (C=O) groups is 1. The fraction of sp³-hybridized carbons (Fsp3) is 0.562. The van der Waals surface area contributed by atoms with E-state index in [9.17, 15) is 9.90 Å². The molecule has 0 bridgehead atoms. The van der Waals surface area contributed by atoms with Crippen LogP contribution in [0.3, 0.4) is 0 Å². The molecule has 1 rings (SSSR count). The Morgan fingerprint density at radius 1 is 1.30 bits per heavy atom. The van der Waals surface area contributed by atoms with Crippen molar-refractivity contribution in [3.05, 3.63) is 29.8 Å². The minimum atomic E-state index is -0.00896. The second kappa shape index (κ2) is 7.90. The van der Waals surface area contributed by atoms with E-state index in [4.69, 9.17) is 5.11 Å². The average molecular weight is 279 g/mol. The van der Waals surface area contributed by atoms with Crippen molar-refractivity contribution in [1.29, 1.82) is 0 Å². The van der Waals surface area contributed by atoms with E-state index in [2.05, 4.69) is 19.2 Å². The number of aliphatic hydroxyl groups is 1. The fourth-order valence-electron chi connectivity index (χ4n) is 2.04. The molecule has 1 aromatic rings. The number of para-hydroxylation sites is 1. The van der Waals surface area contributed by atoms with E-state index < -0.39 is 0 Å². The van der Waals surface area contributed by atoms with Gasteiger partial charge in [0.15, 0.2) is 0 Å². The van der Waals surface area contributed by atoms with Crippen molar-refractivity contribution in [2.45, 2.75) is 39.5 Å². The van der Waals surface area contributed by atoms with Gasteiger partial charge >= 0.3 is 0 Å². The number of carbonyl (C=O) groups excluding carboxylic acids is 1. The summed E-state index contributed by atoms with van der Waals surface area (Å²) in [5.74, 6) is 0.230. The summed E-state index contributed by atoms with van der Waals surface area (Å²) in [6.45, 7) is 4.94. The Morgan fingerprint density at radius 3 is 2.65 bits per heavy atom. The minimum absolute atomic E-state index is 0.00667. The largest absolute Gasteiger partial charge is 0.508 e. The summed E-state index contributed by atoms with van der Waals surface area (Å²) in [5, 5.41) is 21.4. The number of aromatic hydroxyl groups is 1. The number of amides is 1. The molecule has 0 saturated heterocycles. The van der Waals surface area contributed by atoms with Crippen molar-refractivity contribution in [2.24, 2.45) is 5.41 Å². The van der Waals surface area contributed by atoms with E-state index in [-0.39, 0.29) is 23.7 Å². The van der Waals surface area contributed by atoms with Crippen molar-refractivity contribution in [3.63, 3.8) is 0 Å². The number of benzene rings is 1. The highest BCUT2D eigenvalue weighted by Gasteiger charge is 2.18. The average Bonchev–Trinajstić information content (AvgIpc) is 2.42. The number of phenolic OH excluding ortho intramolecular Hbond substituents is 1. The van der Waals surface area contributed by atoms with Crippen LogP contribution in [-0.4, -0.2) is 29.3 Å². The Bertz CT molecular complexity index is 429. The van der Waals surface area contributed by atoms with Gasteiger partial charge in [-0.3, -0.25) is 4.79 Å². The van der Waals surface area contributed by atoms with Crippen LogP contribution in [-0.2, 0) is 11.2 Å². The SMILES string of the molecule is CC(C)(CCCO)CNC(=O)CCc1ccccc1O. The number of aliphatic hydroxyl groups excluding tert-OH is 1. The quantitative estimate of drug-likeness (QED) is 0.683. The van der Waals surface area contributed by atoms with Crippen LogP contribution in [0, 0.1) is 5.41 Å². The van der Waals surface area contributed by atoms with Gasteiger partial charge in [-0.2, -0.15) is 0 Å². The van der Waals surface area contributed by atoms with Crippen LogP contribution < -0.4 is 5.32 Å². The summed E-state index contributed by atoms with van der Waals surface area (Å²) >= 11 is 0. The van der Waals surface area contributed by atoms with Gasteiger partial charge in [0.25, 0.3) is 0 Å². The molecule has 3 N–H and O–H groups in total. The maximum atomic E-state index is 11.8. The lowest BCUT2D eigenvalue weighted by atomic mass is 9.88. The van der Waals surface area contributed by atoms with Crippen molar-refractivity contribution < 1.29 is 15.0 Å². The highest BCUT2D eigenvalue weighted by atomic mass is 16.3. The zero-order chi connectivity index (χ0) is 15.0. The summed E-state index contributed by atoms with van der Waals surface area (Å²) in [5.41, 5.74) is 0.787. The number of hydrogen-bond donors (Lipinski definition) is 3. The second-order valence-electron chi connectivity index (χ2n) is 5.90. The van der Waals surface area contributed by atoms with Crippen molar-refractivity contribution in [3.8, 4) is 5.75 Å². The highest BCUT2D eigenvalue weighted by Crippen LogP contribution is 2.21. The smallest absolute Gasteiger partial charge is 0.220 e. The van der Waals surface area contributed by atoms with Gasteiger partial charge in [0.05, 0.1) is 0 Å². The first-order valence-corrected chi connectivity index (χ1v) is 7.09. The second-order valence-corrected chi connectivity index (χ2v) is 5.90. The Kier molecular flexibility index (Phi) is 6.52. The zero-order valence-corrected chi connectivity index (χ0v) is 12.4. The lowest BCUT2D eigenvalue weighted by molar-refractivity contribution is -0.121. The maximum absolute atomic E-state index is 11.8. The van der Waals surface area contributed by atoms with Gasteiger partial charge in [0.2, 0.25) is 5.91 Å². The first kappa shape index (κ1) is 16.5. The normalized spacial score (nSPS) is 11.3. The van der Waals surface area contributed by atoms with Gasteiger partial charge in [-0.25, -0.2) is 0 Å². The molecule has 112 valence electrons. The third-order valence-electron chi connectivity index (χ3n) is 3.39. The molecule has 0 saturated carbocycles. The lowest BCUT2D eigenvalue weighted by Crippen LogP contribution is -2.34. The molecule has 0 unspecified atom stereocenters. The molecular weight excluding hydrogens is 254 g/mol. The monoisotopic (exact) mass is 279 g/mol. The predicted molar refractivity (Wildman–Crippen MR) is 79.5 cm³/mol. The molecule has 0 radical (unpaired) electrons. The Hall–Kier alpha value is -1.55. The molecule has 0 atom stereocenters. The molecule has 20 heavy (non-hydrogen) atoms. The molecule has 1 aromatic carbocycles. The third-order valence-corrected chi connectivity index (χ3v) is 3.39. The van der Waals surface area contributed by atoms with Gasteiger partial charge in [-0.15, -0.1) is 0 Å². The van der Waals surface area contributed by atoms with E-state index in [1.807, 2.05) is 12.1 Å². The van der Waals surface area contributed by atoms with Crippen LogP contribution >= 0.6 is 0 Å². The molecule has 0 spiro atoms. The topological polar surface area (TPSA) is 69.6 Å². The lowest BCUT2D eigenvalue weighted by Gasteiger charge is -2.24. The van der Waals surface area contributed by atoms with Gasteiger partial charge in [-0.05, 0) is 36.3 Å². The van der Waals surface area contributed by atoms with Gasteiger partial charge in [-0.1, -0.05) is 32.0 Å². The summed E-state index contributed by atoms with van der Waals surface area (Å²) in [6.07, 6.45) is 2.53. The molecule has 0 aliphatic heterocycles. The number of phenols is 1. The van der Waals surface area contributed by atoms with E-state index in [1.165, 1.54) is 0 Å².